The molecule has 0 radical (unpaired) electrons. The van der Waals surface area contributed by atoms with E-state index < -0.39 is 5.41 Å². The summed E-state index contributed by atoms with van der Waals surface area (Å²) in [5.74, 6) is 0.459. The van der Waals surface area contributed by atoms with Crippen LogP contribution in [0.25, 0.3) is 0 Å². The maximum atomic E-state index is 11.1. The molecule has 2 N–H and O–H groups in total. The summed E-state index contributed by atoms with van der Waals surface area (Å²) in [7, 11) is 0. The molecule has 0 aromatic heterocycles. The molecule has 1 aliphatic rings. The van der Waals surface area contributed by atoms with Gasteiger partial charge in [0.2, 0.25) is 0 Å². The Morgan fingerprint density at radius 3 is 1.47 bits per heavy atom. The third kappa shape index (κ3) is 2.57. The molecule has 0 fully saturated rings. The number of benzene rings is 4. The molecule has 1 aliphatic carbocycles. The molecule has 0 atom stereocenters. The molecule has 30 heavy (non-hydrogen) atoms. The average molecular weight is 392 g/mol. The van der Waals surface area contributed by atoms with Crippen molar-refractivity contribution in [2.45, 2.75) is 25.7 Å². The van der Waals surface area contributed by atoms with Crippen molar-refractivity contribution in [1.29, 1.82) is 0 Å². The van der Waals surface area contributed by atoms with Gasteiger partial charge in [0.15, 0.2) is 0 Å². The molecule has 2 nitrogen and oxygen atoms in total. The third-order valence-corrected chi connectivity index (χ3v) is 6.34. The smallest absolute Gasteiger partial charge is 0.120 e. The summed E-state index contributed by atoms with van der Waals surface area (Å²) in [6.07, 6.45) is 0.827. The van der Waals surface area contributed by atoms with E-state index in [0.717, 1.165) is 39.8 Å². The van der Waals surface area contributed by atoms with E-state index >= 15 is 0 Å². The average Bonchev–Trinajstić information content (AvgIpc) is 2.76. The molecule has 0 saturated heterocycles. The van der Waals surface area contributed by atoms with E-state index in [9.17, 15) is 10.2 Å². The first-order valence-corrected chi connectivity index (χ1v) is 10.3. The fraction of sp³-hybridized carbons (Fsp3) is 0.143. The first-order valence-electron chi connectivity index (χ1n) is 10.3. The minimum atomic E-state index is -0.808. The van der Waals surface area contributed by atoms with E-state index in [-0.39, 0.29) is 11.5 Å². The Kier molecular flexibility index (Phi) is 4.18. The van der Waals surface area contributed by atoms with E-state index in [1.165, 1.54) is 11.1 Å². The second kappa shape index (κ2) is 6.77. The molecule has 4 aromatic carbocycles. The van der Waals surface area contributed by atoms with E-state index in [0.29, 0.717) is 0 Å². The van der Waals surface area contributed by atoms with Gasteiger partial charge in [0, 0.05) is 11.1 Å². The van der Waals surface area contributed by atoms with Crippen molar-refractivity contribution < 1.29 is 10.2 Å². The zero-order valence-electron chi connectivity index (χ0n) is 17.2. The van der Waals surface area contributed by atoms with Gasteiger partial charge in [-0.05, 0) is 54.7 Å². The number of hydrogen-bond donors (Lipinski definition) is 2. The number of phenolic OH excluding ortho intramolecular Hbond substituents is 2. The van der Waals surface area contributed by atoms with Crippen molar-refractivity contribution in [1.82, 2.24) is 0 Å². The number of aromatic hydroxyl groups is 2. The summed E-state index contributed by atoms with van der Waals surface area (Å²) in [4.78, 5) is 0. The fourth-order valence-electron chi connectivity index (χ4n) is 5.06. The monoisotopic (exact) mass is 392 g/mol. The Morgan fingerprint density at radius 2 is 1.00 bits per heavy atom. The fourth-order valence-corrected chi connectivity index (χ4v) is 5.06. The Labute approximate surface area is 177 Å². The molecular weight excluding hydrogens is 368 g/mol. The summed E-state index contributed by atoms with van der Waals surface area (Å²) in [5.41, 5.74) is 7.53. The summed E-state index contributed by atoms with van der Waals surface area (Å²) in [5, 5.41) is 22.3. The van der Waals surface area contributed by atoms with Crippen LogP contribution in [-0.2, 0) is 11.8 Å². The number of phenols is 2. The molecular formula is C28H24O2. The summed E-state index contributed by atoms with van der Waals surface area (Å²) in [6.45, 7) is 4.07. The van der Waals surface area contributed by atoms with Crippen molar-refractivity contribution >= 4 is 0 Å². The van der Waals surface area contributed by atoms with Gasteiger partial charge >= 0.3 is 0 Å². The minimum absolute atomic E-state index is 0.230. The van der Waals surface area contributed by atoms with Gasteiger partial charge in [-0.3, -0.25) is 0 Å². The Morgan fingerprint density at radius 1 is 0.567 bits per heavy atom. The van der Waals surface area contributed by atoms with E-state index in [4.69, 9.17) is 0 Å². The van der Waals surface area contributed by atoms with Gasteiger partial charge in [-0.15, -0.1) is 0 Å². The predicted molar refractivity (Wildman–Crippen MR) is 120 cm³/mol. The highest BCUT2D eigenvalue weighted by Crippen LogP contribution is 2.55. The van der Waals surface area contributed by atoms with Gasteiger partial charge < -0.3 is 10.2 Å². The third-order valence-electron chi connectivity index (χ3n) is 6.34. The summed E-state index contributed by atoms with van der Waals surface area (Å²) < 4.78 is 0. The van der Waals surface area contributed by atoms with Gasteiger partial charge in [-0.1, -0.05) is 83.9 Å². The maximum Gasteiger partial charge on any atom is 0.120 e. The lowest BCUT2D eigenvalue weighted by molar-refractivity contribution is 0.445. The van der Waals surface area contributed by atoms with Crippen molar-refractivity contribution in [3.63, 3.8) is 0 Å². The van der Waals surface area contributed by atoms with Crippen LogP contribution in [0.4, 0.5) is 0 Å². The van der Waals surface area contributed by atoms with Crippen LogP contribution in [0, 0.1) is 13.8 Å². The van der Waals surface area contributed by atoms with Gasteiger partial charge in [-0.25, -0.2) is 0 Å². The molecule has 0 amide bonds. The van der Waals surface area contributed by atoms with Crippen molar-refractivity contribution in [2.75, 3.05) is 0 Å². The van der Waals surface area contributed by atoms with E-state index in [2.05, 4.69) is 48.5 Å². The zero-order valence-corrected chi connectivity index (χ0v) is 17.2. The van der Waals surface area contributed by atoms with Gasteiger partial charge in [-0.2, -0.15) is 0 Å². The molecule has 0 saturated carbocycles. The molecule has 148 valence electrons. The largest absolute Gasteiger partial charge is 0.508 e. The SMILES string of the molecule is Cc1ccc(O)c(C2(c3cc(C)ccc3O)c3ccccc3Cc3ccccc32)c1. The van der Waals surface area contributed by atoms with Gasteiger partial charge in [0.05, 0.1) is 5.41 Å². The highest BCUT2D eigenvalue weighted by molar-refractivity contribution is 5.71. The molecule has 2 heteroatoms. The number of hydrogen-bond acceptors (Lipinski definition) is 2. The second-order valence-electron chi connectivity index (χ2n) is 8.28. The predicted octanol–water partition coefficient (Wildman–Crippen LogP) is 6.00. The van der Waals surface area contributed by atoms with Crippen LogP contribution in [0.3, 0.4) is 0 Å². The van der Waals surface area contributed by atoms with E-state index in [1.807, 2.05) is 38.1 Å². The zero-order chi connectivity index (χ0) is 20.9. The number of rotatable bonds is 2. The molecule has 4 aromatic rings. The lowest BCUT2D eigenvalue weighted by atomic mass is 9.59. The van der Waals surface area contributed by atoms with Gasteiger partial charge in [0.1, 0.15) is 11.5 Å². The van der Waals surface area contributed by atoms with Crippen molar-refractivity contribution in [2.24, 2.45) is 0 Å². The topological polar surface area (TPSA) is 40.5 Å². The standard InChI is InChI=1S/C28H24O2/c1-18-11-13-26(29)24(15-18)28(25-16-19(2)12-14-27(25)30)22-9-5-3-7-20(22)17-21-8-4-6-10-23(21)28/h3-16,29-30H,17H2,1-2H3. The van der Waals surface area contributed by atoms with Crippen LogP contribution in [0.2, 0.25) is 0 Å². The number of aryl methyl sites for hydroxylation is 2. The highest BCUT2D eigenvalue weighted by Gasteiger charge is 2.46. The summed E-state index contributed by atoms with van der Waals surface area (Å²) in [6, 6.07) is 28.2. The lowest BCUT2D eigenvalue weighted by Gasteiger charge is -2.43. The van der Waals surface area contributed by atoms with Crippen LogP contribution in [0.15, 0.2) is 84.9 Å². The van der Waals surface area contributed by atoms with Crippen molar-refractivity contribution in [3.05, 3.63) is 129 Å². The van der Waals surface area contributed by atoms with Crippen molar-refractivity contribution in [3.8, 4) is 11.5 Å². The van der Waals surface area contributed by atoms with Gasteiger partial charge in [0.25, 0.3) is 0 Å². The molecule has 0 spiro atoms. The molecule has 5 rings (SSSR count). The normalized spacial score (nSPS) is 14.1. The van der Waals surface area contributed by atoms with Crippen LogP contribution in [-0.4, -0.2) is 10.2 Å². The van der Waals surface area contributed by atoms with Crippen LogP contribution in [0.1, 0.15) is 44.5 Å². The second-order valence-corrected chi connectivity index (χ2v) is 8.28. The molecule has 0 unspecified atom stereocenters. The Bertz CT molecular complexity index is 1170. The van der Waals surface area contributed by atoms with Crippen LogP contribution in [0.5, 0.6) is 11.5 Å². The molecule has 0 heterocycles. The quantitative estimate of drug-likeness (QED) is 0.387. The number of fused-ring (bicyclic) bond motifs is 2. The van der Waals surface area contributed by atoms with E-state index in [1.54, 1.807) is 12.1 Å². The van der Waals surface area contributed by atoms with Crippen LogP contribution >= 0.6 is 0 Å². The maximum absolute atomic E-state index is 11.1. The molecule has 0 bridgehead atoms. The highest BCUT2D eigenvalue weighted by atomic mass is 16.3. The lowest BCUT2D eigenvalue weighted by Crippen LogP contribution is -2.36. The minimum Gasteiger partial charge on any atom is -0.508 e. The first kappa shape index (κ1) is 18.5. The summed E-state index contributed by atoms with van der Waals surface area (Å²) >= 11 is 0. The first-order chi connectivity index (χ1) is 14.5. The Hall–Kier alpha value is -3.52. The van der Waals surface area contributed by atoms with Crippen LogP contribution < -0.4 is 0 Å². The molecule has 0 aliphatic heterocycles. The Balaban J connectivity index is 2.04.